The van der Waals surface area contributed by atoms with Gasteiger partial charge in [-0.2, -0.15) is 0 Å². The summed E-state index contributed by atoms with van der Waals surface area (Å²) in [4.78, 5) is 11.5. The summed E-state index contributed by atoms with van der Waals surface area (Å²) < 4.78 is 0. The zero-order valence-corrected chi connectivity index (χ0v) is 12.9. The van der Waals surface area contributed by atoms with Gasteiger partial charge in [0.25, 0.3) is 0 Å². The standard InChI is InChI=1S/C18H18ClNO2/c19-15-7-6-13-10-16(11-14(13)9-15)20-17(18(21)22)8-12-4-2-1-3-5-12/h1-7,9,16-17,20H,8,10-11H2,(H,21,22)/t16?,17-/m1/s1. The van der Waals surface area contributed by atoms with Crippen molar-refractivity contribution in [2.75, 3.05) is 0 Å². The number of hydrogen-bond acceptors (Lipinski definition) is 2. The van der Waals surface area contributed by atoms with E-state index in [9.17, 15) is 9.90 Å². The molecule has 0 saturated heterocycles. The molecule has 0 heterocycles. The number of nitrogens with one attached hydrogen (secondary N) is 1. The lowest BCUT2D eigenvalue weighted by Crippen LogP contribution is -2.45. The van der Waals surface area contributed by atoms with E-state index >= 15 is 0 Å². The Morgan fingerprint density at radius 3 is 2.64 bits per heavy atom. The largest absolute Gasteiger partial charge is 0.480 e. The summed E-state index contributed by atoms with van der Waals surface area (Å²) in [5.74, 6) is -0.808. The molecule has 2 N–H and O–H groups in total. The third-order valence-electron chi connectivity index (χ3n) is 4.12. The van der Waals surface area contributed by atoms with Crippen LogP contribution in [0.3, 0.4) is 0 Å². The minimum Gasteiger partial charge on any atom is -0.480 e. The van der Waals surface area contributed by atoms with Crippen molar-refractivity contribution in [1.29, 1.82) is 0 Å². The third-order valence-corrected chi connectivity index (χ3v) is 4.35. The summed E-state index contributed by atoms with van der Waals surface area (Å²) in [5, 5.41) is 13.5. The first-order chi connectivity index (χ1) is 10.6. The van der Waals surface area contributed by atoms with Gasteiger partial charge in [0, 0.05) is 11.1 Å². The van der Waals surface area contributed by atoms with Crippen molar-refractivity contribution in [3.8, 4) is 0 Å². The van der Waals surface area contributed by atoms with Crippen molar-refractivity contribution in [1.82, 2.24) is 5.32 Å². The van der Waals surface area contributed by atoms with E-state index in [-0.39, 0.29) is 6.04 Å². The number of carboxylic acids is 1. The van der Waals surface area contributed by atoms with E-state index in [1.165, 1.54) is 11.1 Å². The summed E-state index contributed by atoms with van der Waals surface area (Å²) in [6.45, 7) is 0. The molecule has 0 spiro atoms. The SMILES string of the molecule is O=C(O)[C@@H](Cc1ccccc1)NC1Cc2ccc(Cl)cc2C1. The second-order valence-corrected chi connectivity index (χ2v) is 6.20. The molecule has 1 unspecified atom stereocenters. The van der Waals surface area contributed by atoms with Crippen LogP contribution in [-0.2, 0) is 24.1 Å². The van der Waals surface area contributed by atoms with Crippen LogP contribution in [0.25, 0.3) is 0 Å². The molecule has 0 aromatic heterocycles. The van der Waals surface area contributed by atoms with E-state index in [4.69, 9.17) is 11.6 Å². The smallest absolute Gasteiger partial charge is 0.321 e. The predicted octanol–water partition coefficient (Wildman–Crippen LogP) is 3.09. The number of benzene rings is 2. The van der Waals surface area contributed by atoms with Crippen LogP contribution in [0.1, 0.15) is 16.7 Å². The lowest BCUT2D eigenvalue weighted by atomic mass is 10.0. The quantitative estimate of drug-likeness (QED) is 0.891. The third kappa shape index (κ3) is 3.49. The first-order valence-electron chi connectivity index (χ1n) is 7.42. The van der Waals surface area contributed by atoms with Crippen molar-refractivity contribution in [3.63, 3.8) is 0 Å². The molecule has 3 rings (SSSR count). The van der Waals surface area contributed by atoms with Gasteiger partial charge < -0.3 is 10.4 Å². The Morgan fingerprint density at radius 2 is 1.91 bits per heavy atom. The summed E-state index contributed by atoms with van der Waals surface area (Å²) in [6.07, 6.45) is 2.17. The minimum atomic E-state index is -0.808. The Balaban J connectivity index is 1.67. The van der Waals surface area contributed by atoms with E-state index < -0.39 is 12.0 Å². The number of fused-ring (bicyclic) bond motifs is 1. The predicted molar refractivity (Wildman–Crippen MR) is 87.4 cm³/mol. The lowest BCUT2D eigenvalue weighted by Gasteiger charge is -2.19. The molecule has 22 heavy (non-hydrogen) atoms. The number of halogens is 1. The maximum absolute atomic E-state index is 11.5. The van der Waals surface area contributed by atoms with Gasteiger partial charge in [0.1, 0.15) is 6.04 Å². The minimum absolute atomic E-state index is 0.151. The molecule has 1 aliphatic carbocycles. The summed E-state index contributed by atoms with van der Waals surface area (Å²) >= 11 is 6.02. The molecule has 2 aromatic rings. The molecule has 2 aromatic carbocycles. The Labute approximate surface area is 134 Å². The molecular formula is C18H18ClNO2. The average Bonchev–Trinajstić information content (AvgIpc) is 2.89. The normalized spacial score (nSPS) is 18.0. The van der Waals surface area contributed by atoms with Gasteiger partial charge in [0.2, 0.25) is 0 Å². The second kappa shape index (κ2) is 6.51. The number of aliphatic carboxylic acids is 1. The maximum atomic E-state index is 11.5. The Morgan fingerprint density at radius 1 is 1.18 bits per heavy atom. The fourth-order valence-electron chi connectivity index (χ4n) is 3.06. The second-order valence-electron chi connectivity index (χ2n) is 5.77. The van der Waals surface area contributed by atoms with Crippen molar-refractivity contribution in [3.05, 3.63) is 70.2 Å². The van der Waals surface area contributed by atoms with Crippen LogP contribution < -0.4 is 5.32 Å². The zero-order chi connectivity index (χ0) is 15.5. The molecule has 0 saturated carbocycles. The van der Waals surface area contributed by atoms with Crippen molar-refractivity contribution in [2.45, 2.75) is 31.3 Å². The fraction of sp³-hybridized carbons (Fsp3) is 0.278. The van der Waals surface area contributed by atoms with E-state index in [1.54, 1.807) is 0 Å². The highest BCUT2D eigenvalue weighted by Gasteiger charge is 2.27. The fourth-order valence-corrected chi connectivity index (χ4v) is 3.25. The van der Waals surface area contributed by atoms with Crippen LogP contribution >= 0.6 is 11.6 Å². The molecule has 3 nitrogen and oxygen atoms in total. The number of hydrogen-bond donors (Lipinski definition) is 2. The lowest BCUT2D eigenvalue weighted by molar-refractivity contribution is -0.139. The van der Waals surface area contributed by atoms with E-state index in [0.29, 0.717) is 6.42 Å². The maximum Gasteiger partial charge on any atom is 0.321 e. The first kappa shape index (κ1) is 15.1. The van der Waals surface area contributed by atoms with Gasteiger partial charge in [-0.25, -0.2) is 0 Å². The molecule has 0 fully saturated rings. The van der Waals surface area contributed by atoms with Crippen molar-refractivity contribution >= 4 is 17.6 Å². The van der Waals surface area contributed by atoms with Gasteiger partial charge in [-0.15, -0.1) is 0 Å². The van der Waals surface area contributed by atoms with Crippen LogP contribution in [0.4, 0.5) is 0 Å². The average molecular weight is 316 g/mol. The van der Waals surface area contributed by atoms with Crippen LogP contribution in [0, 0.1) is 0 Å². The Hall–Kier alpha value is -1.84. The highest BCUT2D eigenvalue weighted by molar-refractivity contribution is 6.30. The molecule has 0 bridgehead atoms. The van der Waals surface area contributed by atoms with Crippen LogP contribution in [-0.4, -0.2) is 23.2 Å². The molecule has 0 radical (unpaired) electrons. The Bertz CT molecular complexity index is 672. The van der Waals surface area contributed by atoms with Gasteiger partial charge in [-0.3, -0.25) is 4.79 Å². The Kier molecular flexibility index (Phi) is 4.46. The van der Waals surface area contributed by atoms with Gasteiger partial charge in [-0.05, 0) is 48.1 Å². The van der Waals surface area contributed by atoms with Crippen LogP contribution in [0.5, 0.6) is 0 Å². The highest BCUT2D eigenvalue weighted by Crippen LogP contribution is 2.25. The van der Waals surface area contributed by atoms with Crippen molar-refractivity contribution < 1.29 is 9.90 Å². The summed E-state index contributed by atoms with van der Waals surface area (Å²) in [6, 6.07) is 15.2. The molecular weight excluding hydrogens is 298 g/mol. The number of rotatable bonds is 5. The van der Waals surface area contributed by atoms with E-state index in [1.807, 2.05) is 48.5 Å². The highest BCUT2D eigenvalue weighted by atomic mass is 35.5. The van der Waals surface area contributed by atoms with Crippen molar-refractivity contribution in [2.24, 2.45) is 0 Å². The van der Waals surface area contributed by atoms with Gasteiger partial charge in [0.15, 0.2) is 0 Å². The van der Waals surface area contributed by atoms with E-state index in [0.717, 1.165) is 23.4 Å². The molecule has 0 aliphatic heterocycles. The molecule has 4 heteroatoms. The van der Waals surface area contributed by atoms with Gasteiger partial charge in [0.05, 0.1) is 0 Å². The van der Waals surface area contributed by atoms with Crippen LogP contribution in [0.2, 0.25) is 5.02 Å². The first-order valence-corrected chi connectivity index (χ1v) is 7.79. The number of carboxylic acid groups (broad SMARTS) is 1. The number of carbonyl (C=O) groups is 1. The molecule has 1 aliphatic rings. The van der Waals surface area contributed by atoms with Gasteiger partial charge in [-0.1, -0.05) is 48.0 Å². The molecule has 0 amide bonds. The van der Waals surface area contributed by atoms with Crippen LogP contribution in [0.15, 0.2) is 48.5 Å². The zero-order valence-electron chi connectivity index (χ0n) is 12.1. The van der Waals surface area contributed by atoms with E-state index in [2.05, 4.69) is 5.32 Å². The van der Waals surface area contributed by atoms with Gasteiger partial charge >= 0.3 is 5.97 Å². The summed E-state index contributed by atoms with van der Waals surface area (Å²) in [5.41, 5.74) is 3.50. The molecule has 114 valence electrons. The summed E-state index contributed by atoms with van der Waals surface area (Å²) in [7, 11) is 0. The monoisotopic (exact) mass is 315 g/mol. The topological polar surface area (TPSA) is 49.3 Å². The molecule has 2 atom stereocenters.